The Kier molecular flexibility index (Phi) is 8.07. The summed E-state index contributed by atoms with van der Waals surface area (Å²) < 4.78 is 1.90. The number of halogens is 2. The minimum absolute atomic E-state index is 0.0122. The van der Waals surface area contributed by atoms with Crippen LogP contribution in [-0.2, 0) is 0 Å². The third-order valence-electron chi connectivity index (χ3n) is 9.09. The molecule has 7 rings (SSSR count). The summed E-state index contributed by atoms with van der Waals surface area (Å²) >= 11 is 12.9. The molecule has 3 aromatic heterocycles. The topological polar surface area (TPSA) is 118 Å². The number of hydrogen-bond acceptors (Lipinski definition) is 9. The Bertz CT molecular complexity index is 1700. The molecule has 1 atom stereocenters. The molecule has 2 saturated heterocycles. The average molecular weight is 635 g/mol. The van der Waals surface area contributed by atoms with Crippen LogP contribution in [0.25, 0.3) is 16.9 Å². The van der Waals surface area contributed by atoms with E-state index in [1.807, 2.05) is 35.7 Å². The predicted octanol–water partition coefficient (Wildman–Crippen LogP) is 6.09. The van der Waals surface area contributed by atoms with Gasteiger partial charge in [0.25, 0.3) is 0 Å². The molecule has 1 unspecified atom stereocenters. The monoisotopic (exact) mass is 633 g/mol. The maximum Gasteiger partial charge on any atom is 0.229 e. The van der Waals surface area contributed by atoms with Gasteiger partial charge in [0.15, 0.2) is 17.3 Å². The van der Waals surface area contributed by atoms with Crippen molar-refractivity contribution in [1.82, 2.24) is 29.5 Å². The Balaban J connectivity index is 1.19. The van der Waals surface area contributed by atoms with E-state index in [-0.39, 0.29) is 17.6 Å². The molecule has 230 valence electrons. The number of nitrogen functional groups attached to an aromatic ring is 1. The molecule has 1 aromatic carbocycles. The summed E-state index contributed by atoms with van der Waals surface area (Å²) in [7, 11) is 0. The van der Waals surface area contributed by atoms with Gasteiger partial charge in [0.2, 0.25) is 5.95 Å². The molecular weight excluding hydrogens is 597 g/mol. The van der Waals surface area contributed by atoms with Gasteiger partial charge in [0.1, 0.15) is 11.6 Å². The number of likely N-dealkylation sites (tertiary alicyclic amines) is 1. The molecule has 1 aliphatic carbocycles. The van der Waals surface area contributed by atoms with Crippen LogP contribution >= 0.6 is 23.2 Å². The summed E-state index contributed by atoms with van der Waals surface area (Å²) in [6.45, 7) is 5.54. The molecule has 3 fully saturated rings. The first kappa shape index (κ1) is 29.3. The maximum absolute atomic E-state index is 12.2. The zero-order chi connectivity index (χ0) is 30.4. The molecule has 1 saturated carbocycles. The molecule has 2 aliphatic heterocycles. The van der Waals surface area contributed by atoms with E-state index >= 15 is 0 Å². The Morgan fingerprint density at radius 2 is 1.82 bits per heavy atom. The van der Waals surface area contributed by atoms with E-state index in [1.54, 1.807) is 12.1 Å². The lowest BCUT2D eigenvalue weighted by molar-refractivity contribution is 0.0989. The number of ketones is 1. The number of aromatic nitrogens is 5. The smallest absolute Gasteiger partial charge is 0.229 e. The van der Waals surface area contributed by atoms with Crippen molar-refractivity contribution in [2.45, 2.75) is 69.9 Å². The lowest BCUT2D eigenvalue weighted by Gasteiger charge is -2.34. The number of piperidine rings is 2. The zero-order valence-electron chi connectivity index (χ0n) is 24.8. The van der Waals surface area contributed by atoms with Crippen molar-refractivity contribution < 1.29 is 4.79 Å². The van der Waals surface area contributed by atoms with Crippen LogP contribution in [0.5, 0.6) is 0 Å². The van der Waals surface area contributed by atoms with Crippen LogP contribution in [0.1, 0.15) is 74.0 Å². The number of pyridine rings is 1. The van der Waals surface area contributed by atoms with E-state index < -0.39 is 0 Å². The first-order valence-corrected chi connectivity index (χ1v) is 16.4. The highest BCUT2D eigenvalue weighted by Gasteiger charge is 2.34. The fourth-order valence-electron chi connectivity index (χ4n) is 6.53. The third-order valence-corrected chi connectivity index (χ3v) is 9.64. The molecule has 5 heterocycles. The Labute approximate surface area is 267 Å². The van der Waals surface area contributed by atoms with E-state index in [0.717, 1.165) is 80.0 Å². The van der Waals surface area contributed by atoms with Gasteiger partial charge in [-0.1, -0.05) is 30.1 Å². The Morgan fingerprint density at radius 1 is 1.00 bits per heavy atom. The van der Waals surface area contributed by atoms with E-state index in [0.29, 0.717) is 40.3 Å². The molecular formula is C32H37Cl2N9O. The highest BCUT2D eigenvalue weighted by molar-refractivity contribution is 6.36. The van der Waals surface area contributed by atoms with Crippen LogP contribution < -0.4 is 16.0 Å². The fraction of sp³-hybridized carbons (Fsp3) is 0.469. The molecule has 0 radical (unpaired) electrons. The lowest BCUT2D eigenvalue weighted by Crippen LogP contribution is -2.43. The number of hydrogen-bond donors (Lipinski definition) is 2. The molecule has 3 N–H and O–H groups in total. The number of carbonyl (C=O) groups is 1. The zero-order valence-corrected chi connectivity index (χ0v) is 26.4. The van der Waals surface area contributed by atoms with E-state index in [1.165, 1.54) is 12.8 Å². The molecule has 44 heavy (non-hydrogen) atoms. The summed E-state index contributed by atoms with van der Waals surface area (Å²) in [4.78, 5) is 31.7. The summed E-state index contributed by atoms with van der Waals surface area (Å²) in [5, 5.41) is 9.72. The van der Waals surface area contributed by atoms with E-state index in [4.69, 9.17) is 44.0 Å². The second-order valence-corrected chi connectivity index (χ2v) is 13.0. The summed E-state index contributed by atoms with van der Waals surface area (Å²) in [5.41, 5.74) is 8.89. The van der Waals surface area contributed by atoms with Gasteiger partial charge in [-0.25, -0.2) is 15.0 Å². The summed E-state index contributed by atoms with van der Waals surface area (Å²) in [5.74, 6) is 2.85. The molecule has 12 heteroatoms. The number of rotatable bonds is 8. The minimum Gasteiger partial charge on any atom is -0.383 e. The van der Waals surface area contributed by atoms with Gasteiger partial charge in [0, 0.05) is 54.2 Å². The molecule has 10 nitrogen and oxygen atoms in total. The molecule has 0 amide bonds. The summed E-state index contributed by atoms with van der Waals surface area (Å²) in [6.07, 6.45) is 7.11. The van der Waals surface area contributed by atoms with Crippen LogP contribution in [0.2, 0.25) is 10.0 Å². The number of Topliss-reactive ketones (excluding diaryl/α,β-unsaturated/α-hetero) is 1. The lowest BCUT2D eigenvalue weighted by atomic mass is 9.96. The number of nitrogens with two attached hydrogens (primary N) is 1. The van der Waals surface area contributed by atoms with Crippen LogP contribution in [0.4, 0.5) is 17.6 Å². The summed E-state index contributed by atoms with van der Waals surface area (Å²) in [6, 6.07) is 11.9. The largest absolute Gasteiger partial charge is 0.383 e. The van der Waals surface area contributed by atoms with Crippen molar-refractivity contribution in [1.29, 1.82) is 0 Å². The van der Waals surface area contributed by atoms with Crippen molar-refractivity contribution in [3.63, 3.8) is 0 Å². The van der Waals surface area contributed by atoms with Crippen molar-refractivity contribution >= 4 is 52.2 Å². The average Bonchev–Trinajstić information content (AvgIpc) is 3.79. The van der Waals surface area contributed by atoms with Gasteiger partial charge in [-0.3, -0.25) is 4.79 Å². The predicted molar refractivity (Wildman–Crippen MR) is 175 cm³/mol. The fourth-order valence-corrected chi connectivity index (χ4v) is 7.04. The van der Waals surface area contributed by atoms with Crippen LogP contribution in [0.15, 0.2) is 36.4 Å². The molecule has 3 aliphatic rings. The quantitative estimate of drug-likeness (QED) is 0.222. The maximum atomic E-state index is 12.2. The third kappa shape index (κ3) is 5.95. The number of nitrogens with zero attached hydrogens (tertiary/aromatic N) is 7. The van der Waals surface area contributed by atoms with Crippen molar-refractivity contribution in [3.05, 3.63) is 57.8 Å². The highest BCUT2D eigenvalue weighted by Crippen LogP contribution is 2.36. The number of anilines is 3. The van der Waals surface area contributed by atoms with E-state index in [2.05, 4.69) is 20.1 Å². The second-order valence-electron chi connectivity index (χ2n) is 12.2. The van der Waals surface area contributed by atoms with E-state index in [9.17, 15) is 4.79 Å². The van der Waals surface area contributed by atoms with Crippen molar-refractivity contribution in [2.24, 2.45) is 0 Å². The van der Waals surface area contributed by atoms with Crippen molar-refractivity contribution in [3.8, 4) is 11.3 Å². The van der Waals surface area contributed by atoms with Gasteiger partial charge in [0.05, 0.1) is 16.3 Å². The number of nitrogens with one attached hydrogen (secondary N) is 1. The normalized spacial score (nSPS) is 19.9. The minimum atomic E-state index is -0.0122. The van der Waals surface area contributed by atoms with Crippen LogP contribution in [0, 0.1) is 0 Å². The van der Waals surface area contributed by atoms with Crippen LogP contribution in [-0.4, -0.2) is 73.5 Å². The van der Waals surface area contributed by atoms with Gasteiger partial charge in [-0.15, -0.1) is 5.10 Å². The van der Waals surface area contributed by atoms with Crippen LogP contribution in [0.3, 0.4) is 0 Å². The van der Waals surface area contributed by atoms with Gasteiger partial charge in [-0.2, -0.15) is 4.52 Å². The van der Waals surface area contributed by atoms with Gasteiger partial charge >= 0.3 is 0 Å². The van der Waals surface area contributed by atoms with Gasteiger partial charge < -0.3 is 20.9 Å². The number of fused-ring (bicyclic) bond motifs is 1. The first-order chi connectivity index (χ1) is 21.4. The van der Waals surface area contributed by atoms with Crippen molar-refractivity contribution in [2.75, 3.05) is 42.1 Å². The number of benzene rings is 1. The highest BCUT2D eigenvalue weighted by atomic mass is 35.5. The molecule has 0 spiro atoms. The molecule has 4 aromatic rings. The first-order valence-electron chi connectivity index (χ1n) is 15.6. The second kappa shape index (κ2) is 12.1. The molecule has 0 bridgehead atoms. The Hall–Kier alpha value is -3.47. The van der Waals surface area contributed by atoms with Gasteiger partial charge in [-0.05, 0) is 81.9 Å². The standard InChI is InChI=1S/C32H37Cl2N9O/c1-2-27(44)24-9-10-28(38-30(24)35)36-21-4-3-13-42(18-21)32-37-26(23-8-5-20(33)16-25(23)34)17-29-39-31(40-43(29)32)19-11-14-41(15-12-19)22-6-7-22/h5,8-10,16-17,19,21-22H,2-4,6-7,11-15,18H2,1H3,(H3,35,36,38). The SMILES string of the molecule is CCC(=O)c1ccc(NC2CCCN(c3nc(-c4ccc(Cl)cc4Cl)cc4nc(C5CCN(C6CC6)CC5)nn34)C2)nc1N. The number of carbonyl (C=O) groups excluding carboxylic acids is 1. The Morgan fingerprint density at radius 3 is 2.55 bits per heavy atom.